The maximum Gasteiger partial charge on any atom is 0.407 e. The Balaban J connectivity index is 1.48. The molecule has 0 saturated carbocycles. The first-order valence-corrected chi connectivity index (χ1v) is 14.2. The summed E-state index contributed by atoms with van der Waals surface area (Å²) >= 11 is 0. The van der Waals surface area contributed by atoms with E-state index in [2.05, 4.69) is 9.88 Å². The summed E-state index contributed by atoms with van der Waals surface area (Å²) in [6.45, 7) is 4.31. The number of carboxylic acid groups (broad SMARTS) is 1. The number of aromatic nitrogens is 4. The molecule has 12 heteroatoms. The molecule has 40 heavy (non-hydrogen) atoms. The number of nitrogens with zero attached hydrogens (tertiary/aromatic N) is 6. The first-order chi connectivity index (χ1) is 19.3. The van der Waals surface area contributed by atoms with Gasteiger partial charge in [-0.3, -0.25) is 9.30 Å². The quantitative estimate of drug-likeness (QED) is 0.334. The smallest absolute Gasteiger partial charge is 0.407 e. The number of hydrogen-bond donors (Lipinski definition) is 1. The van der Waals surface area contributed by atoms with Gasteiger partial charge in [-0.05, 0) is 49.4 Å². The Kier molecular flexibility index (Phi) is 6.43. The predicted molar refractivity (Wildman–Crippen MR) is 149 cm³/mol. The topological polar surface area (TPSA) is 122 Å². The molecule has 1 aliphatic rings. The Bertz CT molecular complexity index is 1820. The van der Waals surface area contributed by atoms with Crippen LogP contribution in [0.4, 0.5) is 4.79 Å². The number of amides is 1. The summed E-state index contributed by atoms with van der Waals surface area (Å²) in [7, 11) is -2.27. The van der Waals surface area contributed by atoms with Crippen LogP contribution in [0.15, 0.2) is 71.9 Å². The molecule has 1 N–H and O–H groups in total. The van der Waals surface area contributed by atoms with Crippen LogP contribution in [0.2, 0.25) is 0 Å². The van der Waals surface area contributed by atoms with Gasteiger partial charge in [-0.1, -0.05) is 17.7 Å². The van der Waals surface area contributed by atoms with Gasteiger partial charge < -0.3 is 14.7 Å². The van der Waals surface area contributed by atoms with E-state index in [-0.39, 0.29) is 4.90 Å². The fraction of sp³-hybridized carbons (Fsp3) is 0.250. The second kappa shape index (κ2) is 9.96. The van der Waals surface area contributed by atoms with Crippen molar-refractivity contribution in [1.29, 1.82) is 0 Å². The van der Waals surface area contributed by atoms with Crippen molar-refractivity contribution in [3.05, 3.63) is 78.4 Å². The Morgan fingerprint density at radius 2 is 1.68 bits per heavy atom. The molecular formula is C28H28N6O5S. The van der Waals surface area contributed by atoms with Gasteiger partial charge in [-0.25, -0.2) is 27.2 Å². The van der Waals surface area contributed by atoms with Gasteiger partial charge in [0.1, 0.15) is 11.6 Å². The Labute approximate surface area is 230 Å². The summed E-state index contributed by atoms with van der Waals surface area (Å²) < 4.78 is 35.6. The van der Waals surface area contributed by atoms with E-state index in [1.807, 2.05) is 35.6 Å². The van der Waals surface area contributed by atoms with Crippen molar-refractivity contribution < 1.29 is 23.1 Å². The normalized spacial score (nSPS) is 14.7. The molecule has 1 fully saturated rings. The van der Waals surface area contributed by atoms with Crippen LogP contribution in [0.5, 0.6) is 5.75 Å². The largest absolute Gasteiger partial charge is 0.497 e. The zero-order chi connectivity index (χ0) is 28.0. The molecule has 0 radical (unpaired) electrons. The van der Waals surface area contributed by atoms with Crippen LogP contribution in [0.25, 0.3) is 27.9 Å². The highest BCUT2D eigenvalue weighted by molar-refractivity contribution is 7.90. The van der Waals surface area contributed by atoms with Gasteiger partial charge in [0.05, 0.1) is 41.5 Å². The number of fused-ring (bicyclic) bond motifs is 3. The van der Waals surface area contributed by atoms with E-state index >= 15 is 0 Å². The third kappa shape index (κ3) is 4.44. The molecule has 3 aromatic heterocycles. The van der Waals surface area contributed by atoms with E-state index in [0.29, 0.717) is 55.4 Å². The zero-order valence-electron chi connectivity index (χ0n) is 22.1. The number of methoxy groups -OCH3 is 1. The van der Waals surface area contributed by atoms with Crippen molar-refractivity contribution in [3.63, 3.8) is 0 Å². The minimum absolute atomic E-state index is 0.179. The summed E-state index contributed by atoms with van der Waals surface area (Å²) in [5, 5.41) is 9.33. The van der Waals surface area contributed by atoms with Crippen molar-refractivity contribution in [3.8, 4) is 17.0 Å². The lowest BCUT2D eigenvalue weighted by Crippen LogP contribution is -2.47. The van der Waals surface area contributed by atoms with Crippen LogP contribution < -0.4 is 4.74 Å². The van der Waals surface area contributed by atoms with Gasteiger partial charge in [-0.15, -0.1) is 0 Å². The van der Waals surface area contributed by atoms with Gasteiger partial charge in [0, 0.05) is 37.9 Å². The van der Waals surface area contributed by atoms with Crippen LogP contribution in [-0.2, 0) is 16.6 Å². The minimum atomic E-state index is -3.88. The summed E-state index contributed by atoms with van der Waals surface area (Å²) in [4.78, 5) is 24.7. The SMILES string of the molecule is COc1ccc(-c2nc(CN3CCN(C(=O)O)CC3)n3c2cnc2c3ccn2S(=O)(=O)c2ccc(C)cc2)cc1. The Morgan fingerprint density at radius 1 is 0.975 bits per heavy atom. The lowest BCUT2D eigenvalue weighted by atomic mass is 10.1. The number of ether oxygens (including phenoxy) is 1. The van der Waals surface area contributed by atoms with Gasteiger partial charge in [0.15, 0.2) is 5.65 Å². The highest BCUT2D eigenvalue weighted by Gasteiger charge is 2.26. The maximum absolute atomic E-state index is 13.6. The van der Waals surface area contributed by atoms with Gasteiger partial charge in [-0.2, -0.15) is 0 Å². The number of imidazole rings is 1. The molecule has 0 unspecified atom stereocenters. The molecule has 0 spiro atoms. The second-order valence-electron chi connectivity index (χ2n) is 9.77. The molecule has 6 rings (SSSR count). The third-order valence-corrected chi connectivity index (χ3v) is 8.97. The zero-order valence-corrected chi connectivity index (χ0v) is 22.9. The third-order valence-electron chi connectivity index (χ3n) is 7.29. The number of aryl methyl sites for hydroxylation is 1. The second-order valence-corrected chi connectivity index (χ2v) is 11.6. The van der Waals surface area contributed by atoms with Crippen LogP contribution >= 0.6 is 0 Å². The fourth-order valence-corrected chi connectivity index (χ4v) is 6.36. The predicted octanol–water partition coefficient (Wildman–Crippen LogP) is 3.70. The first kappa shape index (κ1) is 25.8. The molecule has 1 amide bonds. The molecular weight excluding hydrogens is 532 g/mol. The van der Waals surface area contributed by atoms with Crippen molar-refractivity contribution in [1.82, 2.24) is 28.1 Å². The van der Waals surface area contributed by atoms with Crippen LogP contribution in [0, 0.1) is 6.92 Å². The molecule has 1 aliphatic heterocycles. The standard InChI is InChI=1S/C28H28N6O5S/c1-19-3-9-22(10-4-19)40(37,38)33-12-11-23-27(33)29-17-24-26(20-5-7-21(39-2)8-6-20)30-25(34(23)24)18-31-13-15-32(16-14-31)28(35)36/h3-12,17H,13-16,18H2,1-2H3,(H,35,36). The lowest BCUT2D eigenvalue weighted by molar-refractivity contribution is 0.102. The minimum Gasteiger partial charge on any atom is -0.497 e. The number of carbonyl (C=O) groups is 1. The molecule has 206 valence electrons. The monoisotopic (exact) mass is 560 g/mol. The van der Waals surface area contributed by atoms with E-state index in [0.717, 1.165) is 22.4 Å². The van der Waals surface area contributed by atoms with Crippen molar-refractivity contribution in [2.24, 2.45) is 0 Å². The highest BCUT2D eigenvalue weighted by atomic mass is 32.2. The molecule has 0 bridgehead atoms. The Hall–Kier alpha value is -4.42. The van der Waals surface area contributed by atoms with E-state index in [4.69, 9.17) is 9.72 Å². The van der Waals surface area contributed by atoms with Crippen LogP contribution in [-0.4, -0.2) is 81.0 Å². The van der Waals surface area contributed by atoms with E-state index in [1.54, 1.807) is 43.6 Å². The number of piperazine rings is 1. The average molecular weight is 561 g/mol. The molecule has 5 aromatic rings. The number of rotatable bonds is 6. The molecule has 1 saturated heterocycles. The highest BCUT2D eigenvalue weighted by Crippen LogP contribution is 2.31. The molecule has 0 atom stereocenters. The molecule has 0 aliphatic carbocycles. The fourth-order valence-electron chi connectivity index (χ4n) is 5.07. The molecule has 2 aromatic carbocycles. The summed E-state index contributed by atoms with van der Waals surface area (Å²) in [6, 6.07) is 16.0. The van der Waals surface area contributed by atoms with E-state index < -0.39 is 16.1 Å². The van der Waals surface area contributed by atoms with Gasteiger partial charge in [0.2, 0.25) is 0 Å². The van der Waals surface area contributed by atoms with Crippen molar-refractivity contribution in [2.45, 2.75) is 18.4 Å². The first-order valence-electron chi connectivity index (χ1n) is 12.8. The summed E-state index contributed by atoms with van der Waals surface area (Å²) in [5.74, 6) is 1.44. The summed E-state index contributed by atoms with van der Waals surface area (Å²) in [6.07, 6.45) is 2.26. The molecule has 11 nitrogen and oxygen atoms in total. The molecule has 4 heterocycles. The van der Waals surface area contributed by atoms with E-state index in [9.17, 15) is 18.3 Å². The van der Waals surface area contributed by atoms with Crippen molar-refractivity contribution >= 4 is 32.8 Å². The van der Waals surface area contributed by atoms with E-state index in [1.165, 1.54) is 15.1 Å². The summed E-state index contributed by atoms with van der Waals surface area (Å²) in [5.41, 5.74) is 4.19. The lowest BCUT2D eigenvalue weighted by Gasteiger charge is -2.32. The van der Waals surface area contributed by atoms with Crippen LogP contribution in [0.3, 0.4) is 0 Å². The average Bonchev–Trinajstić information content (AvgIpc) is 3.56. The van der Waals surface area contributed by atoms with Gasteiger partial charge >= 0.3 is 6.09 Å². The Morgan fingerprint density at radius 3 is 2.33 bits per heavy atom. The number of benzene rings is 2. The maximum atomic E-state index is 13.6. The van der Waals surface area contributed by atoms with Crippen LogP contribution in [0.1, 0.15) is 11.4 Å². The van der Waals surface area contributed by atoms with Gasteiger partial charge in [0.25, 0.3) is 10.0 Å². The number of hydrogen-bond acceptors (Lipinski definition) is 7. The van der Waals surface area contributed by atoms with Crippen molar-refractivity contribution in [2.75, 3.05) is 33.3 Å².